The second kappa shape index (κ2) is 10.6. The summed E-state index contributed by atoms with van der Waals surface area (Å²) in [4.78, 5) is 16.6. The highest BCUT2D eigenvalue weighted by molar-refractivity contribution is 8.14. The molecule has 0 aromatic heterocycles. The Morgan fingerprint density at radius 2 is 2.00 bits per heavy atom. The summed E-state index contributed by atoms with van der Waals surface area (Å²) >= 11 is 1.45. The van der Waals surface area contributed by atoms with E-state index in [9.17, 15) is 9.90 Å². The maximum atomic E-state index is 12.1. The molecule has 1 aromatic carbocycles. The van der Waals surface area contributed by atoms with Gasteiger partial charge in [-0.15, -0.1) is 11.8 Å². The van der Waals surface area contributed by atoms with Gasteiger partial charge in [-0.2, -0.15) is 0 Å². The largest absolute Gasteiger partial charge is 0.507 e. The molecule has 1 atom stereocenters. The number of phenolic OH excluding ortho intramolecular Hbond substituents is 1. The summed E-state index contributed by atoms with van der Waals surface area (Å²) in [7, 11) is 1.71. The van der Waals surface area contributed by atoms with E-state index in [4.69, 9.17) is 14.2 Å². The average Bonchev–Trinajstić information content (AvgIpc) is 3.04. The Kier molecular flexibility index (Phi) is 8.44. The Morgan fingerprint density at radius 3 is 2.67 bits per heavy atom. The lowest BCUT2D eigenvalue weighted by Gasteiger charge is -2.16. The van der Waals surface area contributed by atoms with Gasteiger partial charge >= 0.3 is 5.97 Å². The highest BCUT2D eigenvalue weighted by Gasteiger charge is 2.40. The Hall–Kier alpha value is -1.73. The minimum Gasteiger partial charge on any atom is -0.507 e. The van der Waals surface area contributed by atoms with E-state index in [1.165, 1.54) is 11.8 Å². The average molecular weight is 396 g/mol. The SMILES string of the molecule is CCOC(=O)[C@@]1(C)CSC(c2ccc(OCCCCCCOC)cc2O)=N1. The van der Waals surface area contributed by atoms with Gasteiger partial charge in [-0.1, -0.05) is 6.42 Å². The van der Waals surface area contributed by atoms with E-state index in [0.29, 0.717) is 35.3 Å². The molecule has 0 amide bonds. The van der Waals surface area contributed by atoms with Crippen LogP contribution >= 0.6 is 11.8 Å². The minimum atomic E-state index is -0.902. The lowest BCUT2D eigenvalue weighted by molar-refractivity contribution is -0.147. The molecular formula is C20H29NO5S. The molecule has 0 saturated heterocycles. The zero-order chi connectivity index (χ0) is 19.7. The number of unbranched alkanes of at least 4 members (excludes halogenated alkanes) is 3. The summed E-state index contributed by atoms with van der Waals surface area (Å²) in [6.07, 6.45) is 4.24. The first kappa shape index (κ1) is 21.6. The van der Waals surface area contributed by atoms with Gasteiger partial charge < -0.3 is 19.3 Å². The summed E-state index contributed by atoms with van der Waals surface area (Å²) in [5.74, 6) is 0.899. The number of rotatable bonds is 11. The van der Waals surface area contributed by atoms with E-state index in [2.05, 4.69) is 4.99 Å². The summed E-state index contributed by atoms with van der Waals surface area (Å²) in [5, 5.41) is 11.0. The summed E-state index contributed by atoms with van der Waals surface area (Å²) in [6, 6.07) is 5.21. The molecule has 1 aliphatic rings. The third-order valence-electron chi connectivity index (χ3n) is 4.26. The Balaban J connectivity index is 1.90. The molecule has 1 aromatic rings. The van der Waals surface area contributed by atoms with Crippen LogP contribution in [0.3, 0.4) is 0 Å². The maximum Gasteiger partial charge on any atom is 0.334 e. The number of benzene rings is 1. The summed E-state index contributed by atoms with van der Waals surface area (Å²) in [6.45, 7) is 5.27. The predicted molar refractivity (Wildman–Crippen MR) is 108 cm³/mol. The molecule has 0 saturated carbocycles. The van der Waals surface area contributed by atoms with E-state index in [0.717, 1.165) is 32.3 Å². The van der Waals surface area contributed by atoms with Gasteiger partial charge in [-0.3, -0.25) is 4.99 Å². The highest BCUT2D eigenvalue weighted by Crippen LogP contribution is 2.36. The number of esters is 1. The number of hydrogen-bond acceptors (Lipinski definition) is 7. The van der Waals surface area contributed by atoms with Crippen LogP contribution in [0, 0.1) is 0 Å². The van der Waals surface area contributed by atoms with Crippen LogP contribution in [0.25, 0.3) is 0 Å². The van der Waals surface area contributed by atoms with Gasteiger partial charge in [-0.25, -0.2) is 4.79 Å². The molecule has 1 aliphatic heterocycles. The van der Waals surface area contributed by atoms with Crippen LogP contribution in [0.4, 0.5) is 0 Å². The number of nitrogens with zero attached hydrogens (tertiary/aromatic N) is 1. The molecule has 0 unspecified atom stereocenters. The van der Waals surface area contributed by atoms with Crippen molar-refractivity contribution in [3.8, 4) is 11.5 Å². The van der Waals surface area contributed by atoms with Crippen molar-refractivity contribution in [2.24, 2.45) is 4.99 Å². The van der Waals surface area contributed by atoms with Crippen LogP contribution < -0.4 is 4.74 Å². The molecule has 1 N–H and O–H groups in total. The van der Waals surface area contributed by atoms with Gasteiger partial charge in [-0.05, 0) is 45.2 Å². The smallest absolute Gasteiger partial charge is 0.334 e. The topological polar surface area (TPSA) is 77.4 Å². The Labute approximate surface area is 165 Å². The standard InChI is InChI=1S/C20H29NO5S/c1-4-25-19(23)20(2)14-27-18(21-20)16-10-9-15(13-17(16)22)26-12-8-6-5-7-11-24-3/h9-10,13,22H,4-8,11-12,14H2,1-3H3/t20-/m1/s1. The first-order valence-electron chi connectivity index (χ1n) is 9.35. The van der Waals surface area contributed by atoms with Crippen LogP contribution in [0.5, 0.6) is 11.5 Å². The van der Waals surface area contributed by atoms with Crippen LogP contribution in [0.1, 0.15) is 45.1 Å². The van der Waals surface area contributed by atoms with Crippen molar-refractivity contribution in [2.75, 3.05) is 32.7 Å². The minimum absolute atomic E-state index is 0.104. The van der Waals surface area contributed by atoms with Gasteiger partial charge in [0.1, 0.15) is 16.5 Å². The van der Waals surface area contributed by atoms with Crippen molar-refractivity contribution >= 4 is 22.8 Å². The Morgan fingerprint density at radius 1 is 1.26 bits per heavy atom. The zero-order valence-electron chi connectivity index (χ0n) is 16.3. The fraction of sp³-hybridized carbons (Fsp3) is 0.600. The van der Waals surface area contributed by atoms with Crippen molar-refractivity contribution in [3.63, 3.8) is 0 Å². The first-order chi connectivity index (χ1) is 13.0. The number of carbonyl (C=O) groups excluding carboxylic acids is 1. The number of phenols is 1. The van der Waals surface area contributed by atoms with Crippen LogP contribution in [0.15, 0.2) is 23.2 Å². The van der Waals surface area contributed by atoms with E-state index in [1.54, 1.807) is 33.1 Å². The maximum absolute atomic E-state index is 12.1. The molecule has 27 heavy (non-hydrogen) atoms. The molecule has 0 radical (unpaired) electrons. The number of methoxy groups -OCH3 is 1. The van der Waals surface area contributed by atoms with Crippen molar-refractivity contribution < 1.29 is 24.1 Å². The van der Waals surface area contributed by atoms with Gasteiger partial charge in [0, 0.05) is 31.1 Å². The summed E-state index contributed by atoms with van der Waals surface area (Å²) < 4.78 is 15.8. The molecule has 0 fully saturated rings. The normalized spacial score (nSPS) is 19.0. The van der Waals surface area contributed by atoms with Crippen LogP contribution in [-0.4, -0.2) is 54.3 Å². The van der Waals surface area contributed by atoms with Gasteiger partial charge in [0.05, 0.1) is 13.2 Å². The lowest BCUT2D eigenvalue weighted by Crippen LogP contribution is -2.35. The van der Waals surface area contributed by atoms with Crippen molar-refractivity contribution in [3.05, 3.63) is 23.8 Å². The van der Waals surface area contributed by atoms with E-state index < -0.39 is 5.54 Å². The fourth-order valence-electron chi connectivity index (χ4n) is 2.70. The quantitative estimate of drug-likeness (QED) is 0.454. The molecule has 0 bridgehead atoms. The molecular weight excluding hydrogens is 366 g/mol. The Bertz CT molecular complexity index is 664. The molecule has 2 rings (SSSR count). The van der Waals surface area contributed by atoms with Crippen molar-refractivity contribution in [1.82, 2.24) is 0 Å². The van der Waals surface area contributed by atoms with Gasteiger partial charge in [0.25, 0.3) is 0 Å². The molecule has 6 nitrogen and oxygen atoms in total. The number of carbonyl (C=O) groups is 1. The van der Waals surface area contributed by atoms with Crippen LogP contribution in [-0.2, 0) is 14.3 Å². The van der Waals surface area contributed by atoms with E-state index in [1.807, 2.05) is 6.07 Å². The zero-order valence-corrected chi connectivity index (χ0v) is 17.1. The molecule has 7 heteroatoms. The number of hydrogen-bond donors (Lipinski definition) is 1. The molecule has 0 spiro atoms. The molecule has 0 aliphatic carbocycles. The molecule has 150 valence electrons. The van der Waals surface area contributed by atoms with Gasteiger partial charge in [0.2, 0.25) is 0 Å². The van der Waals surface area contributed by atoms with Crippen molar-refractivity contribution in [1.29, 1.82) is 0 Å². The number of aliphatic imine (C=N–C) groups is 1. The predicted octanol–water partition coefficient (Wildman–Crippen LogP) is 3.79. The monoisotopic (exact) mass is 395 g/mol. The van der Waals surface area contributed by atoms with E-state index >= 15 is 0 Å². The van der Waals surface area contributed by atoms with Crippen molar-refractivity contribution in [2.45, 2.75) is 45.1 Å². The van der Waals surface area contributed by atoms with Crippen LogP contribution in [0.2, 0.25) is 0 Å². The highest BCUT2D eigenvalue weighted by atomic mass is 32.2. The first-order valence-corrected chi connectivity index (χ1v) is 10.3. The number of ether oxygens (including phenoxy) is 3. The van der Waals surface area contributed by atoms with Gasteiger partial charge in [0.15, 0.2) is 5.54 Å². The fourth-order valence-corrected chi connectivity index (χ4v) is 3.90. The number of thioether (sulfide) groups is 1. The number of aromatic hydroxyl groups is 1. The lowest BCUT2D eigenvalue weighted by atomic mass is 10.1. The second-order valence-electron chi connectivity index (χ2n) is 6.63. The van der Waals surface area contributed by atoms with E-state index in [-0.39, 0.29) is 11.7 Å². The third kappa shape index (κ3) is 6.14. The summed E-state index contributed by atoms with van der Waals surface area (Å²) in [5.41, 5.74) is -0.291. The molecule has 1 heterocycles. The second-order valence-corrected chi connectivity index (χ2v) is 7.60. The third-order valence-corrected chi connectivity index (χ3v) is 5.56.